The summed E-state index contributed by atoms with van der Waals surface area (Å²) < 4.78 is 5.43. The van der Waals surface area contributed by atoms with Gasteiger partial charge in [-0.25, -0.2) is 0 Å². The highest BCUT2D eigenvalue weighted by atomic mass is 16.5. The van der Waals surface area contributed by atoms with E-state index >= 15 is 0 Å². The second-order valence-corrected chi connectivity index (χ2v) is 4.70. The molecule has 0 aliphatic carbocycles. The second-order valence-electron chi connectivity index (χ2n) is 4.70. The fraction of sp³-hybridized carbons (Fsp3) is 0.357. The number of H-pyrrole nitrogens is 1. The molecule has 0 unspecified atom stereocenters. The van der Waals surface area contributed by atoms with Gasteiger partial charge < -0.3 is 21.5 Å². The first-order valence-corrected chi connectivity index (χ1v) is 7.02. The number of benzene rings is 1. The molecule has 0 bridgehead atoms. The fourth-order valence-electron chi connectivity index (χ4n) is 1.91. The van der Waals surface area contributed by atoms with Gasteiger partial charge in [-0.15, -0.1) is 5.10 Å². The Balaban J connectivity index is 1.76. The molecule has 8 heteroatoms. The maximum atomic E-state index is 11.9. The molecule has 1 amide bonds. The molecule has 0 fully saturated rings. The van der Waals surface area contributed by atoms with Gasteiger partial charge in [0, 0.05) is 19.5 Å². The Hall–Kier alpha value is -2.61. The molecule has 2 rings (SSSR count). The number of nitrogen functional groups attached to an aromatic ring is 1. The fourth-order valence-corrected chi connectivity index (χ4v) is 1.91. The molecule has 1 heterocycles. The minimum Gasteiger partial charge on any atom is -0.492 e. The van der Waals surface area contributed by atoms with E-state index in [9.17, 15) is 4.79 Å². The third-order valence-corrected chi connectivity index (χ3v) is 2.88. The number of nitrogens with one attached hydrogen (secondary N) is 2. The van der Waals surface area contributed by atoms with Crippen LogP contribution in [-0.4, -0.2) is 40.8 Å². The van der Waals surface area contributed by atoms with Crippen molar-refractivity contribution in [2.75, 3.05) is 25.4 Å². The molecule has 1 aromatic carbocycles. The molecule has 0 saturated carbocycles. The van der Waals surface area contributed by atoms with Crippen LogP contribution in [0.5, 0.6) is 5.75 Å². The predicted octanol–water partition coefficient (Wildman–Crippen LogP) is -0.374. The van der Waals surface area contributed by atoms with Gasteiger partial charge in [0.25, 0.3) is 0 Å². The number of ether oxygens (including phenoxy) is 1. The van der Waals surface area contributed by atoms with E-state index in [2.05, 4.69) is 20.5 Å². The summed E-state index contributed by atoms with van der Waals surface area (Å²) in [6, 6.07) is 7.41. The predicted molar refractivity (Wildman–Crippen MR) is 82.2 cm³/mol. The quantitative estimate of drug-likeness (QED) is 0.526. The molecule has 22 heavy (non-hydrogen) atoms. The number of carbonyl (C=O) groups excluding carboxylic acids is 1. The summed E-state index contributed by atoms with van der Waals surface area (Å²) in [6.45, 7) is 1.38. The summed E-state index contributed by atoms with van der Waals surface area (Å²) in [5.41, 5.74) is 11.7. The van der Waals surface area contributed by atoms with E-state index in [1.54, 1.807) is 0 Å². The van der Waals surface area contributed by atoms with E-state index in [1.165, 1.54) is 0 Å². The Labute approximate surface area is 128 Å². The molecular weight excluding hydrogens is 284 g/mol. The number of rotatable bonds is 8. The number of amides is 1. The highest BCUT2D eigenvalue weighted by molar-refractivity contribution is 5.78. The molecule has 0 aliphatic heterocycles. The standard InChI is InChI=1S/C14H20N6O2/c15-5-7-22-11-3-1-2-10(8-11)9-13(21)17-6-4-12-18-14(16)20-19-12/h1-3,8H,4-7,9,15H2,(H,17,21)(H3,16,18,19,20). The Kier molecular flexibility index (Phi) is 5.73. The zero-order chi connectivity index (χ0) is 15.8. The monoisotopic (exact) mass is 304 g/mol. The maximum absolute atomic E-state index is 11.9. The Bertz CT molecular complexity index is 613. The topological polar surface area (TPSA) is 132 Å². The zero-order valence-corrected chi connectivity index (χ0v) is 12.2. The van der Waals surface area contributed by atoms with Gasteiger partial charge in [-0.05, 0) is 17.7 Å². The average molecular weight is 304 g/mol. The van der Waals surface area contributed by atoms with Crippen molar-refractivity contribution in [1.82, 2.24) is 20.5 Å². The lowest BCUT2D eigenvalue weighted by Gasteiger charge is -2.07. The number of nitrogens with two attached hydrogens (primary N) is 2. The van der Waals surface area contributed by atoms with Gasteiger partial charge in [-0.1, -0.05) is 12.1 Å². The number of aromatic nitrogens is 3. The summed E-state index contributed by atoms with van der Waals surface area (Å²) in [5, 5.41) is 9.24. The van der Waals surface area contributed by atoms with E-state index in [1.807, 2.05) is 24.3 Å². The van der Waals surface area contributed by atoms with E-state index < -0.39 is 0 Å². The summed E-state index contributed by atoms with van der Waals surface area (Å²) >= 11 is 0. The van der Waals surface area contributed by atoms with Crippen LogP contribution >= 0.6 is 0 Å². The molecule has 1 aromatic heterocycles. The van der Waals surface area contributed by atoms with E-state index in [0.717, 1.165) is 5.56 Å². The largest absolute Gasteiger partial charge is 0.492 e. The van der Waals surface area contributed by atoms with Crippen molar-refractivity contribution in [3.8, 4) is 5.75 Å². The molecule has 0 saturated heterocycles. The number of hydrogen-bond donors (Lipinski definition) is 4. The van der Waals surface area contributed by atoms with Crippen LogP contribution in [-0.2, 0) is 17.6 Å². The summed E-state index contributed by atoms with van der Waals surface area (Å²) in [4.78, 5) is 15.9. The maximum Gasteiger partial charge on any atom is 0.239 e. The van der Waals surface area contributed by atoms with Crippen molar-refractivity contribution < 1.29 is 9.53 Å². The van der Waals surface area contributed by atoms with Crippen molar-refractivity contribution in [1.29, 1.82) is 0 Å². The van der Waals surface area contributed by atoms with Crippen LogP contribution < -0.4 is 21.5 Å². The van der Waals surface area contributed by atoms with Crippen molar-refractivity contribution in [2.24, 2.45) is 5.73 Å². The van der Waals surface area contributed by atoms with Crippen LogP contribution in [0.15, 0.2) is 24.3 Å². The highest BCUT2D eigenvalue weighted by Gasteiger charge is 2.05. The van der Waals surface area contributed by atoms with Crippen LogP contribution in [0.4, 0.5) is 5.95 Å². The van der Waals surface area contributed by atoms with Gasteiger partial charge in [-0.3, -0.25) is 9.89 Å². The number of nitrogens with zero attached hydrogens (tertiary/aromatic N) is 2. The third kappa shape index (κ3) is 5.06. The average Bonchev–Trinajstić information content (AvgIpc) is 2.91. The highest BCUT2D eigenvalue weighted by Crippen LogP contribution is 2.13. The van der Waals surface area contributed by atoms with Crippen LogP contribution in [0, 0.1) is 0 Å². The first-order chi connectivity index (χ1) is 10.7. The minimum absolute atomic E-state index is 0.0662. The van der Waals surface area contributed by atoms with Gasteiger partial charge in [0.1, 0.15) is 18.2 Å². The van der Waals surface area contributed by atoms with Crippen LogP contribution in [0.3, 0.4) is 0 Å². The third-order valence-electron chi connectivity index (χ3n) is 2.88. The van der Waals surface area contributed by atoms with Gasteiger partial charge in [0.05, 0.1) is 6.42 Å². The molecule has 118 valence electrons. The lowest BCUT2D eigenvalue weighted by molar-refractivity contribution is -0.120. The van der Waals surface area contributed by atoms with Crippen LogP contribution in [0.1, 0.15) is 11.4 Å². The summed E-state index contributed by atoms with van der Waals surface area (Å²) in [6.07, 6.45) is 0.841. The van der Waals surface area contributed by atoms with Gasteiger partial charge in [-0.2, -0.15) is 4.98 Å². The smallest absolute Gasteiger partial charge is 0.239 e. The molecule has 0 radical (unpaired) electrons. The van der Waals surface area contributed by atoms with Gasteiger partial charge in [0.15, 0.2) is 0 Å². The first kappa shape index (κ1) is 15.8. The SMILES string of the molecule is NCCOc1cccc(CC(=O)NCCc2nc(N)n[nH]2)c1. The van der Waals surface area contributed by atoms with Crippen LogP contribution in [0.2, 0.25) is 0 Å². The van der Waals surface area contributed by atoms with Crippen molar-refractivity contribution in [2.45, 2.75) is 12.8 Å². The van der Waals surface area contributed by atoms with E-state index in [4.69, 9.17) is 16.2 Å². The summed E-state index contributed by atoms with van der Waals surface area (Å²) in [5.74, 6) is 1.50. The number of anilines is 1. The minimum atomic E-state index is -0.0662. The number of hydrogen-bond acceptors (Lipinski definition) is 6. The lowest BCUT2D eigenvalue weighted by Crippen LogP contribution is -2.27. The molecular formula is C14H20N6O2. The summed E-state index contributed by atoms with van der Waals surface area (Å²) in [7, 11) is 0. The molecule has 0 spiro atoms. The van der Waals surface area contributed by atoms with E-state index in [0.29, 0.717) is 44.1 Å². The number of aromatic amines is 1. The lowest BCUT2D eigenvalue weighted by atomic mass is 10.1. The molecule has 2 aromatic rings. The Morgan fingerprint density at radius 2 is 2.27 bits per heavy atom. The van der Waals surface area contributed by atoms with Crippen molar-refractivity contribution >= 4 is 11.9 Å². The first-order valence-electron chi connectivity index (χ1n) is 7.02. The van der Waals surface area contributed by atoms with Crippen molar-refractivity contribution in [3.05, 3.63) is 35.7 Å². The normalized spacial score (nSPS) is 10.4. The number of carbonyl (C=O) groups is 1. The molecule has 0 aliphatic rings. The molecule has 8 nitrogen and oxygen atoms in total. The van der Waals surface area contributed by atoms with Crippen molar-refractivity contribution in [3.63, 3.8) is 0 Å². The van der Waals surface area contributed by atoms with Crippen LogP contribution in [0.25, 0.3) is 0 Å². The van der Waals surface area contributed by atoms with Gasteiger partial charge >= 0.3 is 0 Å². The van der Waals surface area contributed by atoms with Gasteiger partial charge in [0.2, 0.25) is 11.9 Å². The van der Waals surface area contributed by atoms with E-state index in [-0.39, 0.29) is 11.9 Å². The Morgan fingerprint density at radius 1 is 1.41 bits per heavy atom. The zero-order valence-electron chi connectivity index (χ0n) is 12.2. The second kappa shape index (κ2) is 7.99. The molecule has 0 atom stereocenters. The Morgan fingerprint density at radius 3 is 3.00 bits per heavy atom. The molecule has 6 N–H and O–H groups in total.